The van der Waals surface area contributed by atoms with Gasteiger partial charge in [-0.3, -0.25) is 14.4 Å². The van der Waals surface area contributed by atoms with Crippen molar-refractivity contribution in [3.8, 4) is 0 Å². The number of hydrogen-bond donors (Lipinski definition) is 3. The molecule has 0 saturated carbocycles. The highest BCUT2D eigenvalue weighted by Gasteiger charge is 2.37. The Kier molecular flexibility index (Phi) is 5.64. The van der Waals surface area contributed by atoms with Gasteiger partial charge in [-0.2, -0.15) is 0 Å². The molecule has 17 heavy (non-hydrogen) atoms. The fraction of sp³-hybridized carbons (Fsp3) is 0.727. The van der Waals surface area contributed by atoms with Gasteiger partial charge in [-0.1, -0.05) is 20.8 Å². The van der Waals surface area contributed by atoms with Crippen molar-refractivity contribution < 1.29 is 19.5 Å². The quantitative estimate of drug-likeness (QED) is 0.592. The van der Waals surface area contributed by atoms with Crippen molar-refractivity contribution in [3.63, 3.8) is 0 Å². The van der Waals surface area contributed by atoms with Gasteiger partial charge in [-0.25, -0.2) is 0 Å². The molecule has 0 aliphatic heterocycles. The fourth-order valence-corrected chi connectivity index (χ4v) is 1.40. The molecule has 0 radical (unpaired) electrons. The summed E-state index contributed by atoms with van der Waals surface area (Å²) < 4.78 is 0. The van der Waals surface area contributed by atoms with Gasteiger partial charge in [0.1, 0.15) is 5.92 Å². The number of hydrogen-bond acceptors (Lipinski definition) is 3. The van der Waals surface area contributed by atoms with Crippen LogP contribution in [0.4, 0.5) is 0 Å². The van der Waals surface area contributed by atoms with Crippen LogP contribution in [0, 0.1) is 11.3 Å². The van der Waals surface area contributed by atoms with E-state index in [1.807, 2.05) is 0 Å². The molecule has 6 nitrogen and oxygen atoms in total. The van der Waals surface area contributed by atoms with Crippen molar-refractivity contribution in [1.29, 1.82) is 0 Å². The summed E-state index contributed by atoms with van der Waals surface area (Å²) in [6.07, 6.45) is 0. The molecule has 0 aromatic rings. The molecular formula is C11H20N2O4. The molecule has 2 amide bonds. The van der Waals surface area contributed by atoms with Crippen LogP contribution in [0.3, 0.4) is 0 Å². The van der Waals surface area contributed by atoms with Crippen LogP contribution in [0.25, 0.3) is 0 Å². The molecule has 6 heteroatoms. The smallest absolute Gasteiger partial charge is 0.316 e. The topological polar surface area (TPSA) is 95.5 Å². The highest BCUT2D eigenvalue weighted by Crippen LogP contribution is 2.26. The lowest BCUT2D eigenvalue weighted by molar-refractivity contribution is -0.152. The molecule has 0 saturated heterocycles. The molecule has 98 valence electrons. The number of likely N-dealkylation sites (N-methyl/N-ethyl adjacent to an activating group) is 1. The van der Waals surface area contributed by atoms with E-state index in [1.54, 1.807) is 27.7 Å². The Morgan fingerprint density at radius 2 is 1.71 bits per heavy atom. The summed E-state index contributed by atoms with van der Waals surface area (Å²) in [5.74, 6) is -3.34. The van der Waals surface area contributed by atoms with Gasteiger partial charge in [-0.15, -0.1) is 0 Å². The maximum Gasteiger partial charge on any atom is 0.316 e. The van der Waals surface area contributed by atoms with Gasteiger partial charge in [0.05, 0.1) is 6.54 Å². The standard InChI is InChI=1S/C11H20N2O4/c1-5-12-7(14)6-13-9(15)8(10(16)17)11(2,3)4/h8H,5-6H2,1-4H3,(H,12,14)(H,13,15)(H,16,17). The summed E-state index contributed by atoms with van der Waals surface area (Å²) in [7, 11) is 0. The summed E-state index contributed by atoms with van der Waals surface area (Å²) in [5.41, 5.74) is -0.697. The van der Waals surface area contributed by atoms with Crippen LogP contribution in [0.5, 0.6) is 0 Å². The van der Waals surface area contributed by atoms with Crippen LogP contribution >= 0.6 is 0 Å². The molecule has 1 unspecified atom stereocenters. The molecule has 0 heterocycles. The van der Waals surface area contributed by atoms with E-state index >= 15 is 0 Å². The number of carboxylic acids is 1. The van der Waals surface area contributed by atoms with E-state index in [-0.39, 0.29) is 12.5 Å². The first-order valence-electron chi connectivity index (χ1n) is 5.47. The average molecular weight is 244 g/mol. The normalized spacial score (nSPS) is 12.7. The van der Waals surface area contributed by atoms with E-state index in [0.29, 0.717) is 6.54 Å². The monoisotopic (exact) mass is 244 g/mol. The molecular weight excluding hydrogens is 224 g/mol. The lowest BCUT2D eigenvalue weighted by Crippen LogP contribution is -2.46. The predicted molar refractivity (Wildman–Crippen MR) is 62.3 cm³/mol. The molecule has 0 rings (SSSR count). The van der Waals surface area contributed by atoms with Gasteiger partial charge in [-0.05, 0) is 12.3 Å². The molecule has 3 N–H and O–H groups in total. The molecule has 0 aromatic carbocycles. The lowest BCUT2D eigenvalue weighted by atomic mass is 9.80. The number of carbonyl (C=O) groups excluding carboxylic acids is 2. The van der Waals surface area contributed by atoms with E-state index < -0.39 is 23.2 Å². The van der Waals surface area contributed by atoms with E-state index in [2.05, 4.69) is 10.6 Å². The minimum Gasteiger partial charge on any atom is -0.481 e. The second-order valence-electron chi connectivity index (χ2n) is 4.81. The molecule has 0 fully saturated rings. The summed E-state index contributed by atoms with van der Waals surface area (Å²) in [6.45, 7) is 7.02. The number of amides is 2. The average Bonchev–Trinajstić information content (AvgIpc) is 2.12. The predicted octanol–water partition coefficient (Wildman–Crippen LogP) is -0.0144. The Balaban J connectivity index is 4.46. The second kappa shape index (κ2) is 6.22. The third kappa shape index (κ3) is 5.33. The van der Waals surface area contributed by atoms with Crippen LogP contribution in [0.2, 0.25) is 0 Å². The maximum atomic E-state index is 11.7. The molecule has 0 aliphatic carbocycles. The first kappa shape index (κ1) is 15.4. The number of nitrogens with one attached hydrogen (secondary N) is 2. The molecule has 0 aromatic heterocycles. The zero-order valence-electron chi connectivity index (χ0n) is 10.7. The van der Waals surface area contributed by atoms with Crippen molar-refractivity contribution in [2.24, 2.45) is 11.3 Å². The molecule has 0 spiro atoms. The highest BCUT2D eigenvalue weighted by molar-refractivity contribution is 5.99. The van der Waals surface area contributed by atoms with Gasteiger partial charge < -0.3 is 15.7 Å². The number of rotatable bonds is 5. The summed E-state index contributed by atoms with van der Waals surface area (Å²) >= 11 is 0. The number of carbonyl (C=O) groups is 3. The SMILES string of the molecule is CCNC(=O)CNC(=O)C(C(=O)O)C(C)(C)C. The van der Waals surface area contributed by atoms with Gasteiger partial charge in [0.2, 0.25) is 11.8 Å². The van der Waals surface area contributed by atoms with Gasteiger partial charge >= 0.3 is 5.97 Å². The number of aliphatic carboxylic acids is 1. The first-order valence-corrected chi connectivity index (χ1v) is 5.47. The summed E-state index contributed by atoms with van der Waals surface area (Å²) in [4.78, 5) is 33.8. The first-order chi connectivity index (χ1) is 7.70. The molecule has 0 aliphatic rings. The summed E-state index contributed by atoms with van der Waals surface area (Å²) in [5, 5.41) is 13.8. The highest BCUT2D eigenvalue weighted by atomic mass is 16.4. The van der Waals surface area contributed by atoms with Gasteiger partial charge in [0, 0.05) is 6.54 Å². The van der Waals surface area contributed by atoms with Gasteiger partial charge in [0.15, 0.2) is 0 Å². The largest absolute Gasteiger partial charge is 0.481 e. The molecule has 1 atom stereocenters. The van der Waals surface area contributed by atoms with Gasteiger partial charge in [0.25, 0.3) is 0 Å². The second-order valence-corrected chi connectivity index (χ2v) is 4.81. The fourth-order valence-electron chi connectivity index (χ4n) is 1.40. The van der Waals surface area contributed by atoms with E-state index in [9.17, 15) is 14.4 Å². The molecule has 0 bridgehead atoms. The van der Waals surface area contributed by atoms with E-state index in [4.69, 9.17) is 5.11 Å². The van der Waals surface area contributed by atoms with Crippen LogP contribution in [0.15, 0.2) is 0 Å². The van der Waals surface area contributed by atoms with Crippen molar-refractivity contribution in [2.75, 3.05) is 13.1 Å². The van der Waals surface area contributed by atoms with Crippen molar-refractivity contribution in [3.05, 3.63) is 0 Å². The Bertz CT molecular complexity index is 307. The van der Waals surface area contributed by atoms with Crippen LogP contribution in [-0.4, -0.2) is 36.0 Å². The van der Waals surface area contributed by atoms with Crippen LogP contribution in [0.1, 0.15) is 27.7 Å². The summed E-state index contributed by atoms with van der Waals surface area (Å²) in [6, 6.07) is 0. The Morgan fingerprint density at radius 1 is 1.18 bits per heavy atom. The van der Waals surface area contributed by atoms with E-state index in [0.717, 1.165) is 0 Å². The zero-order valence-corrected chi connectivity index (χ0v) is 10.7. The van der Waals surface area contributed by atoms with Crippen molar-refractivity contribution in [2.45, 2.75) is 27.7 Å². The Morgan fingerprint density at radius 3 is 2.06 bits per heavy atom. The van der Waals surface area contributed by atoms with Crippen LogP contribution < -0.4 is 10.6 Å². The number of carboxylic acid groups (broad SMARTS) is 1. The van der Waals surface area contributed by atoms with Crippen molar-refractivity contribution >= 4 is 17.8 Å². The zero-order chi connectivity index (χ0) is 13.6. The third-order valence-corrected chi connectivity index (χ3v) is 2.17. The van der Waals surface area contributed by atoms with Crippen molar-refractivity contribution in [1.82, 2.24) is 10.6 Å². The minimum absolute atomic E-state index is 0.202. The lowest BCUT2D eigenvalue weighted by Gasteiger charge is -2.25. The Labute approximate surface area is 101 Å². The third-order valence-electron chi connectivity index (χ3n) is 2.17. The van der Waals surface area contributed by atoms with Crippen LogP contribution in [-0.2, 0) is 14.4 Å². The maximum absolute atomic E-state index is 11.7. The Hall–Kier alpha value is -1.59. The van der Waals surface area contributed by atoms with E-state index in [1.165, 1.54) is 0 Å². The minimum atomic E-state index is -1.19.